The van der Waals surface area contributed by atoms with Gasteiger partial charge in [0.1, 0.15) is 0 Å². The quantitative estimate of drug-likeness (QED) is 0.411. The lowest BCUT2D eigenvalue weighted by molar-refractivity contribution is -0.136. The molecule has 0 heterocycles. The van der Waals surface area contributed by atoms with Crippen molar-refractivity contribution in [2.45, 2.75) is 78.2 Å². The van der Waals surface area contributed by atoms with Crippen LogP contribution in [0.4, 0.5) is 0 Å². The molecule has 1 saturated carbocycles. The van der Waals surface area contributed by atoms with Crippen molar-refractivity contribution in [3.8, 4) is 0 Å². The van der Waals surface area contributed by atoms with E-state index in [4.69, 9.17) is 5.84 Å². The molecule has 2 unspecified atom stereocenters. The molecule has 3 N–H and O–H groups in total. The summed E-state index contributed by atoms with van der Waals surface area (Å²) in [6.45, 7) is 6.52. The second-order valence-corrected chi connectivity index (χ2v) is 7.26. The van der Waals surface area contributed by atoms with E-state index in [1.165, 1.54) is 37.1 Å². The highest BCUT2D eigenvalue weighted by Crippen LogP contribution is 2.28. The third-order valence-electron chi connectivity index (χ3n) is 4.53. The van der Waals surface area contributed by atoms with Gasteiger partial charge < -0.3 is 5.11 Å². The molecule has 0 spiro atoms. The lowest BCUT2D eigenvalue weighted by Crippen LogP contribution is -2.43. The fourth-order valence-corrected chi connectivity index (χ4v) is 3.30. The maximum Gasteiger partial charge on any atom is 0.239 e. The molecule has 4 heteroatoms. The van der Waals surface area contributed by atoms with Crippen molar-refractivity contribution in [2.24, 2.45) is 23.6 Å². The Morgan fingerprint density at radius 3 is 2.43 bits per heavy atom. The van der Waals surface area contributed by atoms with E-state index in [-0.39, 0.29) is 17.9 Å². The van der Waals surface area contributed by atoms with Crippen LogP contribution in [0.25, 0.3) is 0 Å². The summed E-state index contributed by atoms with van der Waals surface area (Å²) >= 11 is 0. The number of hydrogen-bond acceptors (Lipinski definition) is 3. The first kappa shape index (κ1) is 18.4. The number of rotatable bonds is 8. The topological polar surface area (TPSA) is 66.6 Å². The fraction of sp³-hybridized carbons (Fsp3) is 0.941. The molecule has 0 radical (unpaired) electrons. The van der Waals surface area contributed by atoms with Crippen LogP contribution in [0, 0.1) is 17.8 Å². The number of hydrogen-bond donors (Lipinski definition) is 2. The monoisotopic (exact) mass is 298 g/mol. The van der Waals surface area contributed by atoms with Crippen LogP contribution in [0.3, 0.4) is 0 Å². The average Bonchev–Trinajstić information content (AvgIpc) is 2.44. The van der Waals surface area contributed by atoms with E-state index < -0.39 is 0 Å². The summed E-state index contributed by atoms with van der Waals surface area (Å²) in [4.78, 5) is 12.1. The molecule has 1 rings (SSSR count). The molecule has 0 saturated heterocycles. The van der Waals surface area contributed by atoms with E-state index in [9.17, 15) is 9.90 Å². The Labute approximate surface area is 130 Å². The van der Waals surface area contributed by atoms with Gasteiger partial charge in [-0.2, -0.15) is 0 Å². The van der Waals surface area contributed by atoms with E-state index in [2.05, 4.69) is 0 Å². The Morgan fingerprint density at radius 2 is 1.86 bits per heavy atom. The second-order valence-electron chi connectivity index (χ2n) is 7.26. The minimum Gasteiger partial charge on any atom is -0.393 e. The van der Waals surface area contributed by atoms with Crippen molar-refractivity contribution in [3.63, 3.8) is 0 Å². The van der Waals surface area contributed by atoms with Gasteiger partial charge in [-0.25, -0.2) is 5.84 Å². The average molecular weight is 298 g/mol. The molecule has 1 aliphatic carbocycles. The molecule has 1 aliphatic rings. The summed E-state index contributed by atoms with van der Waals surface area (Å²) in [5, 5.41) is 11.5. The zero-order chi connectivity index (χ0) is 15.8. The Hall–Kier alpha value is -0.610. The highest BCUT2D eigenvalue weighted by molar-refractivity contribution is 5.77. The first-order valence-corrected chi connectivity index (χ1v) is 8.64. The van der Waals surface area contributed by atoms with E-state index in [1.807, 2.05) is 20.8 Å². The number of nitrogens with two attached hydrogens (primary N) is 1. The Kier molecular flexibility index (Phi) is 8.27. The third kappa shape index (κ3) is 7.28. The lowest BCUT2D eigenvalue weighted by Gasteiger charge is -2.25. The number of hydrazine groups is 1. The van der Waals surface area contributed by atoms with Crippen LogP contribution < -0.4 is 5.84 Å². The minimum atomic E-state index is -0.377. The number of carbonyl (C=O) groups excluding carboxylic acids is 1. The van der Waals surface area contributed by atoms with E-state index >= 15 is 0 Å². The predicted molar refractivity (Wildman–Crippen MR) is 86.3 cm³/mol. The van der Waals surface area contributed by atoms with Gasteiger partial charge >= 0.3 is 0 Å². The highest BCUT2D eigenvalue weighted by Gasteiger charge is 2.22. The molecular weight excluding hydrogens is 264 g/mol. The number of nitrogens with zero attached hydrogens (tertiary/aromatic N) is 1. The van der Waals surface area contributed by atoms with Gasteiger partial charge in [0.2, 0.25) is 5.91 Å². The van der Waals surface area contributed by atoms with Gasteiger partial charge in [-0.1, -0.05) is 52.9 Å². The molecule has 1 fully saturated rings. The van der Waals surface area contributed by atoms with Crippen LogP contribution in [0.1, 0.15) is 72.1 Å². The summed E-state index contributed by atoms with van der Waals surface area (Å²) in [5.74, 6) is 6.68. The number of amides is 1. The zero-order valence-corrected chi connectivity index (χ0v) is 14.1. The van der Waals surface area contributed by atoms with Crippen LogP contribution in [0.2, 0.25) is 0 Å². The second kappa shape index (κ2) is 9.42. The molecule has 0 bridgehead atoms. The van der Waals surface area contributed by atoms with Gasteiger partial charge in [0.25, 0.3) is 0 Å². The molecular formula is C17H34N2O2. The molecule has 2 atom stereocenters. The Balaban J connectivity index is 2.25. The Bertz CT molecular complexity index is 301. The maximum atomic E-state index is 12.1. The molecule has 0 aromatic heterocycles. The van der Waals surface area contributed by atoms with Gasteiger partial charge in [-0.05, 0) is 31.1 Å². The Morgan fingerprint density at radius 1 is 1.24 bits per heavy atom. The van der Waals surface area contributed by atoms with E-state index in [0.717, 1.165) is 18.8 Å². The van der Waals surface area contributed by atoms with Crippen LogP contribution in [-0.2, 0) is 4.79 Å². The van der Waals surface area contributed by atoms with E-state index in [1.54, 1.807) is 0 Å². The van der Waals surface area contributed by atoms with Gasteiger partial charge in [0.15, 0.2) is 0 Å². The highest BCUT2D eigenvalue weighted by atomic mass is 16.3. The van der Waals surface area contributed by atoms with Crippen LogP contribution in [-0.4, -0.2) is 28.7 Å². The largest absolute Gasteiger partial charge is 0.393 e. The van der Waals surface area contributed by atoms with Crippen molar-refractivity contribution in [1.82, 2.24) is 5.01 Å². The fourth-order valence-electron chi connectivity index (χ4n) is 3.30. The number of carbonyl (C=O) groups is 1. The van der Waals surface area contributed by atoms with Gasteiger partial charge in [-0.15, -0.1) is 0 Å². The summed E-state index contributed by atoms with van der Waals surface area (Å²) < 4.78 is 0. The summed E-state index contributed by atoms with van der Waals surface area (Å²) in [5.41, 5.74) is 0. The van der Waals surface area contributed by atoms with Crippen molar-refractivity contribution in [3.05, 3.63) is 0 Å². The summed E-state index contributed by atoms with van der Waals surface area (Å²) in [6.07, 6.45) is 8.73. The normalized spacial score (nSPS) is 19.5. The molecule has 4 nitrogen and oxygen atoms in total. The van der Waals surface area contributed by atoms with Crippen molar-refractivity contribution in [2.75, 3.05) is 6.54 Å². The SMILES string of the molecule is CC(C)CN(N)C(=O)C(C)CC(O)CCC1CCCCC1. The van der Waals surface area contributed by atoms with Gasteiger partial charge in [0.05, 0.1) is 6.10 Å². The zero-order valence-electron chi connectivity index (χ0n) is 14.1. The van der Waals surface area contributed by atoms with E-state index in [0.29, 0.717) is 18.9 Å². The molecule has 0 aromatic rings. The van der Waals surface area contributed by atoms with Gasteiger partial charge in [-0.3, -0.25) is 9.80 Å². The first-order chi connectivity index (χ1) is 9.90. The molecule has 0 aliphatic heterocycles. The standard InChI is InChI=1S/C17H34N2O2/c1-13(2)12-19(18)17(21)14(3)11-16(20)10-9-15-7-5-4-6-8-15/h13-16,20H,4-12,18H2,1-3H3. The minimum absolute atomic E-state index is 0.0552. The molecule has 21 heavy (non-hydrogen) atoms. The van der Waals surface area contributed by atoms with Crippen molar-refractivity contribution < 1.29 is 9.90 Å². The van der Waals surface area contributed by atoms with Crippen molar-refractivity contribution >= 4 is 5.91 Å². The van der Waals surface area contributed by atoms with Crippen LogP contribution in [0.15, 0.2) is 0 Å². The van der Waals surface area contributed by atoms with Crippen LogP contribution in [0.5, 0.6) is 0 Å². The molecule has 1 amide bonds. The van der Waals surface area contributed by atoms with Crippen molar-refractivity contribution in [1.29, 1.82) is 0 Å². The number of aliphatic hydroxyl groups excluding tert-OH is 1. The summed E-state index contributed by atoms with van der Waals surface area (Å²) in [7, 11) is 0. The lowest BCUT2D eigenvalue weighted by atomic mass is 9.85. The smallest absolute Gasteiger partial charge is 0.239 e. The first-order valence-electron chi connectivity index (χ1n) is 8.64. The van der Waals surface area contributed by atoms with Gasteiger partial charge in [0, 0.05) is 12.5 Å². The van der Waals surface area contributed by atoms with Crippen LogP contribution >= 0.6 is 0 Å². The predicted octanol–water partition coefficient (Wildman–Crippen LogP) is 3.09. The summed E-state index contributed by atoms with van der Waals surface area (Å²) in [6, 6.07) is 0. The molecule has 124 valence electrons. The maximum absolute atomic E-state index is 12.1. The third-order valence-corrected chi connectivity index (χ3v) is 4.53. The number of aliphatic hydroxyl groups is 1. The molecule has 0 aromatic carbocycles.